The second-order valence-corrected chi connectivity index (χ2v) is 6.51. The van der Waals surface area contributed by atoms with Crippen molar-refractivity contribution >= 4 is 23.0 Å². The fourth-order valence-electron chi connectivity index (χ4n) is 2.60. The Hall–Kier alpha value is -2.58. The lowest BCUT2D eigenvalue weighted by atomic mass is 10.1. The van der Waals surface area contributed by atoms with Crippen LogP contribution in [-0.2, 0) is 24.9 Å². The molecule has 2 N–H and O–H groups in total. The summed E-state index contributed by atoms with van der Waals surface area (Å²) in [6, 6.07) is 0. The second kappa shape index (κ2) is 6.50. The predicted octanol–water partition coefficient (Wildman–Crippen LogP) is -0.506. The summed E-state index contributed by atoms with van der Waals surface area (Å²) in [5, 5.41) is 0. The molecule has 2 heterocycles. The number of carbonyl (C=O) groups excluding carboxylic acids is 1. The zero-order valence-electron chi connectivity index (χ0n) is 14.7. The third-order valence-corrected chi connectivity index (χ3v) is 3.86. The standard InChI is InChI=1S/C15H24N6O3/c1-9(2)6-7-20-11-12(17-14(20)18(3)4)19(5)15(24)21(13(11)23)8-10(16)22/h9H,6-8H2,1-5H3,(H2,16,22). The quantitative estimate of drug-likeness (QED) is 0.764. The minimum Gasteiger partial charge on any atom is -0.368 e. The zero-order chi connectivity index (χ0) is 18.2. The minimum absolute atomic E-state index is 0.304. The molecule has 0 saturated heterocycles. The van der Waals surface area contributed by atoms with E-state index in [-0.39, 0.29) is 0 Å². The molecule has 0 bridgehead atoms. The van der Waals surface area contributed by atoms with Gasteiger partial charge in [-0.2, -0.15) is 4.98 Å². The van der Waals surface area contributed by atoms with Crippen molar-refractivity contribution in [2.75, 3.05) is 19.0 Å². The fourth-order valence-corrected chi connectivity index (χ4v) is 2.60. The maximum absolute atomic E-state index is 12.8. The van der Waals surface area contributed by atoms with Crippen molar-refractivity contribution in [1.29, 1.82) is 0 Å². The molecule has 0 aromatic carbocycles. The Morgan fingerprint density at radius 2 is 1.88 bits per heavy atom. The van der Waals surface area contributed by atoms with Gasteiger partial charge in [0.15, 0.2) is 11.2 Å². The zero-order valence-corrected chi connectivity index (χ0v) is 14.7. The lowest BCUT2D eigenvalue weighted by Crippen LogP contribution is -2.42. The first-order chi connectivity index (χ1) is 11.1. The molecule has 2 rings (SSSR count). The summed E-state index contributed by atoms with van der Waals surface area (Å²) in [7, 11) is 5.18. The Morgan fingerprint density at radius 1 is 1.25 bits per heavy atom. The highest BCUT2D eigenvalue weighted by Gasteiger charge is 2.21. The van der Waals surface area contributed by atoms with Gasteiger partial charge in [-0.05, 0) is 12.3 Å². The number of carbonyl (C=O) groups is 1. The lowest BCUT2D eigenvalue weighted by Gasteiger charge is -2.15. The Balaban J connectivity index is 2.84. The van der Waals surface area contributed by atoms with Crippen LogP contribution in [0.25, 0.3) is 11.2 Å². The van der Waals surface area contributed by atoms with Gasteiger partial charge in [0.25, 0.3) is 5.56 Å². The number of hydrogen-bond donors (Lipinski definition) is 1. The molecule has 132 valence electrons. The van der Waals surface area contributed by atoms with Gasteiger partial charge in [-0.25, -0.2) is 9.36 Å². The van der Waals surface area contributed by atoms with Gasteiger partial charge in [0.2, 0.25) is 11.9 Å². The summed E-state index contributed by atoms with van der Waals surface area (Å²) < 4.78 is 3.94. The molecule has 0 spiro atoms. The fraction of sp³-hybridized carbons (Fsp3) is 0.600. The van der Waals surface area contributed by atoms with Gasteiger partial charge in [-0.3, -0.25) is 14.2 Å². The Labute approximate surface area is 139 Å². The molecular weight excluding hydrogens is 312 g/mol. The van der Waals surface area contributed by atoms with Crippen molar-refractivity contribution in [3.63, 3.8) is 0 Å². The van der Waals surface area contributed by atoms with E-state index in [1.54, 1.807) is 9.47 Å². The minimum atomic E-state index is -0.741. The molecular formula is C15H24N6O3. The Morgan fingerprint density at radius 3 is 2.38 bits per heavy atom. The van der Waals surface area contributed by atoms with Gasteiger partial charge < -0.3 is 15.2 Å². The van der Waals surface area contributed by atoms with Crippen LogP contribution in [0, 0.1) is 5.92 Å². The van der Waals surface area contributed by atoms with Gasteiger partial charge in [-0.1, -0.05) is 13.8 Å². The first kappa shape index (κ1) is 17.8. The number of amides is 1. The molecule has 0 fully saturated rings. The number of fused-ring (bicyclic) bond motifs is 1. The van der Waals surface area contributed by atoms with Gasteiger partial charge in [0.05, 0.1) is 0 Å². The highest BCUT2D eigenvalue weighted by atomic mass is 16.2. The number of anilines is 1. The molecule has 1 amide bonds. The number of rotatable bonds is 6. The SMILES string of the molecule is CC(C)CCn1c(N(C)C)nc2c1c(=O)n(CC(N)=O)c(=O)n2C. The van der Waals surface area contributed by atoms with E-state index in [4.69, 9.17) is 5.73 Å². The average molecular weight is 336 g/mol. The van der Waals surface area contributed by atoms with E-state index < -0.39 is 23.7 Å². The first-order valence-electron chi connectivity index (χ1n) is 7.80. The molecule has 0 aliphatic heterocycles. The number of nitrogens with two attached hydrogens (primary N) is 1. The normalized spacial score (nSPS) is 11.4. The monoisotopic (exact) mass is 336 g/mol. The first-order valence-corrected chi connectivity index (χ1v) is 7.80. The topological polar surface area (TPSA) is 108 Å². The number of primary amides is 1. The van der Waals surface area contributed by atoms with E-state index in [0.29, 0.717) is 29.6 Å². The van der Waals surface area contributed by atoms with Crippen LogP contribution in [0.5, 0.6) is 0 Å². The maximum Gasteiger partial charge on any atom is 0.332 e. The van der Waals surface area contributed by atoms with Crippen LogP contribution in [0.2, 0.25) is 0 Å². The molecule has 9 heteroatoms. The van der Waals surface area contributed by atoms with Crippen molar-refractivity contribution in [3.8, 4) is 0 Å². The molecule has 2 aromatic rings. The number of aryl methyl sites for hydroxylation is 2. The van der Waals surface area contributed by atoms with Crippen LogP contribution in [0.3, 0.4) is 0 Å². The van der Waals surface area contributed by atoms with E-state index in [2.05, 4.69) is 18.8 Å². The van der Waals surface area contributed by atoms with E-state index in [1.807, 2.05) is 14.1 Å². The number of nitrogens with zero attached hydrogens (tertiary/aromatic N) is 5. The van der Waals surface area contributed by atoms with Gasteiger partial charge >= 0.3 is 5.69 Å². The predicted molar refractivity (Wildman–Crippen MR) is 92.2 cm³/mol. The summed E-state index contributed by atoms with van der Waals surface area (Å²) in [6.45, 7) is 4.32. The number of hydrogen-bond acceptors (Lipinski definition) is 5. The maximum atomic E-state index is 12.8. The van der Waals surface area contributed by atoms with Crippen LogP contribution in [0.1, 0.15) is 20.3 Å². The van der Waals surface area contributed by atoms with Crippen molar-refractivity contribution in [3.05, 3.63) is 20.8 Å². The van der Waals surface area contributed by atoms with Gasteiger partial charge in [0.1, 0.15) is 6.54 Å². The average Bonchev–Trinajstić information content (AvgIpc) is 2.87. The summed E-state index contributed by atoms with van der Waals surface area (Å²) in [5.74, 6) is 0.294. The van der Waals surface area contributed by atoms with Crippen molar-refractivity contribution in [2.24, 2.45) is 18.7 Å². The highest BCUT2D eigenvalue weighted by Crippen LogP contribution is 2.19. The summed E-state index contributed by atoms with van der Waals surface area (Å²) in [4.78, 5) is 42.6. The van der Waals surface area contributed by atoms with Gasteiger partial charge in [-0.15, -0.1) is 0 Å². The van der Waals surface area contributed by atoms with Crippen molar-refractivity contribution < 1.29 is 4.79 Å². The number of imidazole rings is 1. The smallest absolute Gasteiger partial charge is 0.332 e. The third kappa shape index (κ3) is 3.06. The van der Waals surface area contributed by atoms with Crippen LogP contribution < -0.4 is 21.9 Å². The van der Waals surface area contributed by atoms with Crippen LogP contribution in [0.15, 0.2) is 9.59 Å². The number of aromatic nitrogens is 4. The molecule has 2 aromatic heterocycles. The molecule has 0 aliphatic rings. The lowest BCUT2D eigenvalue weighted by molar-refractivity contribution is -0.118. The summed E-state index contributed by atoms with van der Waals surface area (Å²) in [6.07, 6.45) is 0.852. The Bertz CT molecular complexity index is 887. The second-order valence-electron chi connectivity index (χ2n) is 6.51. The largest absolute Gasteiger partial charge is 0.368 e. The highest BCUT2D eigenvalue weighted by molar-refractivity contribution is 5.76. The van der Waals surface area contributed by atoms with Crippen LogP contribution in [0.4, 0.5) is 5.95 Å². The van der Waals surface area contributed by atoms with Crippen LogP contribution >= 0.6 is 0 Å². The van der Waals surface area contributed by atoms with E-state index >= 15 is 0 Å². The molecule has 0 unspecified atom stereocenters. The summed E-state index contributed by atoms with van der Waals surface area (Å²) >= 11 is 0. The molecule has 24 heavy (non-hydrogen) atoms. The molecule has 0 saturated carbocycles. The van der Waals surface area contributed by atoms with Crippen LogP contribution in [-0.4, -0.2) is 38.7 Å². The Kier molecular flexibility index (Phi) is 4.81. The van der Waals surface area contributed by atoms with Crippen molar-refractivity contribution in [1.82, 2.24) is 18.7 Å². The molecule has 0 aliphatic carbocycles. The molecule has 9 nitrogen and oxygen atoms in total. The van der Waals surface area contributed by atoms with Gasteiger partial charge in [0, 0.05) is 27.7 Å². The van der Waals surface area contributed by atoms with E-state index in [1.165, 1.54) is 11.6 Å². The van der Waals surface area contributed by atoms with E-state index in [9.17, 15) is 14.4 Å². The molecule has 0 atom stereocenters. The summed E-state index contributed by atoms with van der Waals surface area (Å²) in [5.41, 5.74) is 4.63. The molecule has 0 radical (unpaired) electrons. The van der Waals surface area contributed by atoms with E-state index in [0.717, 1.165) is 11.0 Å². The van der Waals surface area contributed by atoms with Crippen molar-refractivity contribution in [2.45, 2.75) is 33.4 Å². The third-order valence-electron chi connectivity index (χ3n) is 3.86.